The second-order valence-corrected chi connectivity index (χ2v) is 16.0. The number of para-hydroxylation sites is 1. The first-order valence-electron chi connectivity index (χ1n) is 19.6. The summed E-state index contributed by atoms with van der Waals surface area (Å²) in [5, 5.41) is 4.92. The SMILES string of the molecule is CC1(C)c2cc(-c3ccc4oc5ccccc5c4c3)ccc2-c2ccc(N(C3=Cc4ccccc4CC3)C3C=CC(c4cccc5ccccc45)=CC3)cc21. The smallest absolute Gasteiger partial charge is 0.135 e. The standard InChI is InChI=1S/C53H41NO/c1-53(2)49-32-39(38-22-29-52-48(31-38)47-15-7-8-17-51(47)55-52)21-27-45(49)46-28-26-42(33-50(46)53)54(41-25-18-34-10-3-4-12-37(34)30-41)40-23-19-36(20-24-40)44-16-9-13-35-11-5-6-14-43(35)44/h3-17,19-23,26-33,40H,18,24-25H2,1-2H3. The monoisotopic (exact) mass is 707 g/mol. The third-order valence-corrected chi connectivity index (χ3v) is 12.5. The van der Waals surface area contributed by atoms with Gasteiger partial charge in [-0.25, -0.2) is 0 Å². The van der Waals surface area contributed by atoms with Gasteiger partial charge in [-0.1, -0.05) is 141 Å². The summed E-state index contributed by atoms with van der Waals surface area (Å²) in [6.45, 7) is 4.80. The third kappa shape index (κ3) is 5.16. The number of aryl methyl sites for hydroxylation is 1. The van der Waals surface area contributed by atoms with E-state index in [2.05, 4.69) is 177 Å². The number of hydrogen-bond acceptors (Lipinski definition) is 2. The quantitative estimate of drug-likeness (QED) is 0.177. The molecule has 2 heteroatoms. The van der Waals surface area contributed by atoms with E-state index >= 15 is 0 Å². The van der Waals surface area contributed by atoms with Gasteiger partial charge in [-0.3, -0.25) is 0 Å². The highest BCUT2D eigenvalue weighted by Crippen LogP contribution is 2.51. The van der Waals surface area contributed by atoms with Crippen molar-refractivity contribution in [2.24, 2.45) is 0 Å². The Morgan fingerprint density at radius 1 is 0.600 bits per heavy atom. The highest BCUT2D eigenvalue weighted by molar-refractivity contribution is 6.06. The Labute approximate surface area is 322 Å². The Morgan fingerprint density at radius 3 is 2.22 bits per heavy atom. The predicted molar refractivity (Wildman–Crippen MR) is 231 cm³/mol. The van der Waals surface area contributed by atoms with E-state index in [0.717, 1.165) is 41.2 Å². The molecular formula is C53H41NO. The van der Waals surface area contributed by atoms with Crippen molar-refractivity contribution in [3.8, 4) is 22.3 Å². The molecule has 11 rings (SSSR count). The first kappa shape index (κ1) is 32.1. The number of benzene rings is 7. The molecule has 0 N–H and O–H groups in total. The van der Waals surface area contributed by atoms with Gasteiger partial charge in [0.1, 0.15) is 11.2 Å². The molecule has 0 bridgehead atoms. The molecule has 3 aliphatic carbocycles. The molecule has 55 heavy (non-hydrogen) atoms. The molecule has 7 aromatic carbocycles. The summed E-state index contributed by atoms with van der Waals surface area (Å²) < 4.78 is 6.15. The van der Waals surface area contributed by atoms with Gasteiger partial charge in [0.05, 0.1) is 6.04 Å². The van der Waals surface area contributed by atoms with Crippen molar-refractivity contribution < 1.29 is 4.42 Å². The van der Waals surface area contributed by atoms with Crippen LogP contribution in [0.25, 0.3) is 66.6 Å². The van der Waals surface area contributed by atoms with Crippen molar-refractivity contribution in [1.29, 1.82) is 0 Å². The van der Waals surface area contributed by atoms with Gasteiger partial charge in [0.2, 0.25) is 0 Å². The predicted octanol–water partition coefficient (Wildman–Crippen LogP) is 13.9. The van der Waals surface area contributed by atoms with E-state index in [1.54, 1.807) is 0 Å². The number of anilines is 1. The van der Waals surface area contributed by atoms with Gasteiger partial charge in [0.25, 0.3) is 0 Å². The molecule has 0 saturated heterocycles. The lowest BCUT2D eigenvalue weighted by molar-refractivity contribution is 0.658. The van der Waals surface area contributed by atoms with Crippen molar-refractivity contribution in [1.82, 2.24) is 0 Å². The lowest BCUT2D eigenvalue weighted by atomic mass is 9.81. The van der Waals surface area contributed by atoms with Gasteiger partial charge in [-0.15, -0.1) is 0 Å². The first-order chi connectivity index (χ1) is 27.0. The van der Waals surface area contributed by atoms with Crippen LogP contribution in [0.1, 0.15) is 54.5 Å². The highest BCUT2D eigenvalue weighted by Gasteiger charge is 2.37. The molecule has 1 aromatic heterocycles. The number of fused-ring (bicyclic) bond motifs is 8. The van der Waals surface area contributed by atoms with Crippen LogP contribution in [-0.2, 0) is 11.8 Å². The minimum Gasteiger partial charge on any atom is -0.456 e. The summed E-state index contributed by atoms with van der Waals surface area (Å²) >= 11 is 0. The van der Waals surface area contributed by atoms with E-state index in [4.69, 9.17) is 4.42 Å². The van der Waals surface area contributed by atoms with Crippen LogP contribution in [0, 0.1) is 0 Å². The molecule has 3 aliphatic rings. The molecule has 0 amide bonds. The summed E-state index contributed by atoms with van der Waals surface area (Å²) in [5.74, 6) is 0. The first-order valence-corrected chi connectivity index (χ1v) is 19.6. The third-order valence-electron chi connectivity index (χ3n) is 12.5. The Bertz CT molecular complexity index is 2940. The van der Waals surface area contributed by atoms with Gasteiger partial charge in [-0.05, 0) is 128 Å². The summed E-state index contributed by atoms with van der Waals surface area (Å²) in [7, 11) is 0. The van der Waals surface area contributed by atoms with Crippen LogP contribution < -0.4 is 4.90 Å². The number of nitrogens with zero attached hydrogens (tertiary/aromatic N) is 1. The summed E-state index contributed by atoms with van der Waals surface area (Å²) in [4.78, 5) is 2.64. The molecule has 0 radical (unpaired) electrons. The average molecular weight is 708 g/mol. The molecule has 0 spiro atoms. The van der Waals surface area contributed by atoms with Crippen LogP contribution >= 0.6 is 0 Å². The van der Waals surface area contributed by atoms with E-state index in [-0.39, 0.29) is 11.5 Å². The highest BCUT2D eigenvalue weighted by atomic mass is 16.3. The fourth-order valence-corrected chi connectivity index (χ4v) is 9.62. The van der Waals surface area contributed by atoms with Gasteiger partial charge in [0.15, 0.2) is 0 Å². The summed E-state index contributed by atoms with van der Waals surface area (Å²) in [6, 6.07) is 53.7. The van der Waals surface area contributed by atoms with Crippen LogP contribution in [0.4, 0.5) is 5.69 Å². The van der Waals surface area contributed by atoms with Crippen LogP contribution in [0.2, 0.25) is 0 Å². The lowest BCUT2D eigenvalue weighted by Gasteiger charge is -2.37. The van der Waals surface area contributed by atoms with Gasteiger partial charge in [-0.2, -0.15) is 0 Å². The molecule has 0 saturated carbocycles. The minimum absolute atomic E-state index is 0.161. The van der Waals surface area contributed by atoms with Crippen molar-refractivity contribution in [3.05, 3.63) is 197 Å². The van der Waals surface area contributed by atoms with E-state index in [1.165, 1.54) is 77.8 Å². The van der Waals surface area contributed by atoms with Crippen molar-refractivity contribution >= 4 is 50.0 Å². The molecule has 0 fully saturated rings. The van der Waals surface area contributed by atoms with Crippen molar-refractivity contribution in [2.75, 3.05) is 4.90 Å². The molecule has 264 valence electrons. The maximum atomic E-state index is 6.15. The van der Waals surface area contributed by atoms with Crippen LogP contribution in [0.15, 0.2) is 174 Å². The normalized spacial score (nSPS) is 16.8. The summed E-state index contributed by atoms with van der Waals surface area (Å²) in [5.41, 5.74) is 17.6. The Balaban J connectivity index is 0.973. The van der Waals surface area contributed by atoms with Crippen LogP contribution in [-0.4, -0.2) is 6.04 Å². The average Bonchev–Trinajstić information content (AvgIpc) is 3.72. The van der Waals surface area contributed by atoms with Gasteiger partial charge >= 0.3 is 0 Å². The largest absolute Gasteiger partial charge is 0.456 e. The molecule has 2 nitrogen and oxygen atoms in total. The fraction of sp³-hybridized carbons (Fsp3) is 0.132. The molecule has 0 aliphatic heterocycles. The number of rotatable bonds is 5. The Morgan fingerprint density at radius 2 is 1.33 bits per heavy atom. The van der Waals surface area contributed by atoms with Gasteiger partial charge < -0.3 is 9.32 Å². The second-order valence-electron chi connectivity index (χ2n) is 16.0. The number of furan rings is 1. The van der Waals surface area contributed by atoms with E-state index in [1.807, 2.05) is 12.1 Å². The van der Waals surface area contributed by atoms with E-state index < -0.39 is 0 Å². The molecule has 1 atom stereocenters. The van der Waals surface area contributed by atoms with Crippen molar-refractivity contribution in [3.63, 3.8) is 0 Å². The molecule has 8 aromatic rings. The lowest BCUT2D eigenvalue weighted by Crippen LogP contribution is -2.35. The number of hydrogen-bond donors (Lipinski definition) is 0. The Hall–Kier alpha value is -6.38. The molecule has 1 unspecified atom stereocenters. The van der Waals surface area contributed by atoms with Gasteiger partial charge in [0, 0.05) is 27.6 Å². The van der Waals surface area contributed by atoms with Crippen LogP contribution in [0.3, 0.4) is 0 Å². The second kappa shape index (κ2) is 12.3. The van der Waals surface area contributed by atoms with Crippen molar-refractivity contribution in [2.45, 2.75) is 44.6 Å². The van der Waals surface area contributed by atoms with E-state index in [0.29, 0.717) is 0 Å². The zero-order valence-electron chi connectivity index (χ0n) is 31.2. The number of allylic oxidation sites excluding steroid dienone is 3. The molecule has 1 heterocycles. The zero-order valence-corrected chi connectivity index (χ0v) is 31.2. The minimum atomic E-state index is -0.161. The Kier molecular flexibility index (Phi) is 7.19. The summed E-state index contributed by atoms with van der Waals surface area (Å²) in [6.07, 6.45) is 12.7. The maximum Gasteiger partial charge on any atom is 0.135 e. The van der Waals surface area contributed by atoms with Crippen LogP contribution in [0.5, 0.6) is 0 Å². The maximum absolute atomic E-state index is 6.15. The molecular weight excluding hydrogens is 667 g/mol. The zero-order chi connectivity index (χ0) is 36.7. The fourth-order valence-electron chi connectivity index (χ4n) is 9.62. The van der Waals surface area contributed by atoms with E-state index in [9.17, 15) is 0 Å². The topological polar surface area (TPSA) is 16.4 Å².